The van der Waals surface area contributed by atoms with Crippen LogP contribution in [0.15, 0.2) is 39.5 Å². The van der Waals surface area contributed by atoms with Crippen LogP contribution >= 0.6 is 0 Å². The number of para-hydroxylation sites is 1. The molecule has 0 unspecified atom stereocenters. The van der Waals surface area contributed by atoms with E-state index in [1.807, 2.05) is 6.07 Å². The molecule has 0 radical (unpaired) electrons. The maximum absolute atomic E-state index is 12.7. The standard InChI is InChI=1S/C17H16N2O5/c20-15-9-23-14-5-6-19(8-12(14)18-15)16(21)11-7-10-3-1-2-4-13(10)24-17(11)22/h1-4,7,12,14H,5-6,8-9H2,(H,18,20)/t12-,14+/m0/s1. The number of piperidine rings is 1. The van der Waals surface area contributed by atoms with Gasteiger partial charge in [-0.05, 0) is 18.6 Å². The number of carbonyl (C=O) groups excluding carboxylic acids is 2. The molecule has 0 saturated carbocycles. The molecule has 2 atom stereocenters. The second-order valence-corrected chi connectivity index (χ2v) is 6.05. The van der Waals surface area contributed by atoms with E-state index in [4.69, 9.17) is 9.15 Å². The third-order valence-corrected chi connectivity index (χ3v) is 4.48. The quantitative estimate of drug-likeness (QED) is 0.771. The van der Waals surface area contributed by atoms with Crippen LogP contribution in [0.2, 0.25) is 0 Å². The van der Waals surface area contributed by atoms with Crippen LogP contribution < -0.4 is 10.9 Å². The average Bonchev–Trinajstić information content (AvgIpc) is 2.60. The lowest BCUT2D eigenvalue weighted by molar-refractivity contribution is -0.139. The molecule has 1 N–H and O–H groups in total. The molecule has 124 valence electrons. The van der Waals surface area contributed by atoms with Crippen LogP contribution in [0, 0.1) is 0 Å². The molecular weight excluding hydrogens is 312 g/mol. The molecule has 1 aromatic carbocycles. The van der Waals surface area contributed by atoms with Gasteiger partial charge in [0.15, 0.2) is 0 Å². The van der Waals surface area contributed by atoms with Crippen LogP contribution in [-0.2, 0) is 9.53 Å². The molecule has 0 aliphatic carbocycles. The normalized spacial score (nSPS) is 23.7. The van der Waals surface area contributed by atoms with Gasteiger partial charge in [0.05, 0.1) is 12.1 Å². The second-order valence-electron chi connectivity index (χ2n) is 6.05. The first-order chi connectivity index (χ1) is 11.6. The van der Waals surface area contributed by atoms with Gasteiger partial charge in [0.1, 0.15) is 17.8 Å². The molecule has 2 aliphatic rings. The minimum Gasteiger partial charge on any atom is -0.422 e. The minimum absolute atomic E-state index is 0.00945. The summed E-state index contributed by atoms with van der Waals surface area (Å²) in [6.07, 6.45) is 0.537. The molecule has 0 bridgehead atoms. The number of rotatable bonds is 1. The number of nitrogens with one attached hydrogen (secondary N) is 1. The van der Waals surface area contributed by atoms with E-state index in [1.165, 1.54) is 0 Å². The number of amides is 2. The molecule has 7 heteroatoms. The number of hydrogen-bond donors (Lipinski definition) is 1. The molecular formula is C17H16N2O5. The Morgan fingerprint density at radius 2 is 2.08 bits per heavy atom. The van der Waals surface area contributed by atoms with Crippen LogP contribution in [0.4, 0.5) is 0 Å². The van der Waals surface area contributed by atoms with Crippen molar-refractivity contribution in [3.63, 3.8) is 0 Å². The smallest absolute Gasteiger partial charge is 0.349 e. The largest absolute Gasteiger partial charge is 0.422 e. The summed E-state index contributed by atoms with van der Waals surface area (Å²) in [5.41, 5.74) is -0.189. The zero-order chi connectivity index (χ0) is 16.7. The predicted molar refractivity (Wildman–Crippen MR) is 84.7 cm³/mol. The first kappa shape index (κ1) is 14.9. The number of benzene rings is 1. The highest BCUT2D eigenvalue weighted by atomic mass is 16.5. The van der Waals surface area contributed by atoms with E-state index in [0.29, 0.717) is 30.5 Å². The van der Waals surface area contributed by atoms with Crippen LogP contribution in [-0.4, -0.2) is 48.6 Å². The zero-order valence-corrected chi connectivity index (χ0v) is 12.9. The van der Waals surface area contributed by atoms with Crippen molar-refractivity contribution < 1.29 is 18.7 Å². The van der Waals surface area contributed by atoms with Crippen LogP contribution in [0.5, 0.6) is 0 Å². The zero-order valence-electron chi connectivity index (χ0n) is 12.9. The second kappa shape index (κ2) is 5.76. The fraction of sp³-hybridized carbons (Fsp3) is 0.353. The molecule has 2 amide bonds. The highest BCUT2D eigenvalue weighted by molar-refractivity contribution is 5.96. The Morgan fingerprint density at radius 1 is 1.25 bits per heavy atom. The number of carbonyl (C=O) groups is 2. The van der Waals surface area contributed by atoms with Crippen molar-refractivity contribution in [1.29, 1.82) is 0 Å². The van der Waals surface area contributed by atoms with Crippen molar-refractivity contribution in [2.45, 2.75) is 18.6 Å². The summed E-state index contributed by atoms with van der Waals surface area (Å²) in [5, 5.41) is 3.54. The van der Waals surface area contributed by atoms with Crippen LogP contribution in [0.3, 0.4) is 0 Å². The van der Waals surface area contributed by atoms with Crippen molar-refractivity contribution in [2.75, 3.05) is 19.7 Å². The highest BCUT2D eigenvalue weighted by Crippen LogP contribution is 2.20. The fourth-order valence-corrected chi connectivity index (χ4v) is 3.27. The van der Waals surface area contributed by atoms with Gasteiger partial charge in [-0.1, -0.05) is 18.2 Å². The summed E-state index contributed by atoms with van der Waals surface area (Å²) in [6.45, 7) is 0.854. The van der Waals surface area contributed by atoms with Gasteiger partial charge in [-0.15, -0.1) is 0 Å². The summed E-state index contributed by atoms with van der Waals surface area (Å²) >= 11 is 0. The van der Waals surface area contributed by atoms with Crippen LogP contribution in [0.1, 0.15) is 16.8 Å². The molecule has 24 heavy (non-hydrogen) atoms. The number of hydrogen-bond acceptors (Lipinski definition) is 5. The lowest BCUT2D eigenvalue weighted by atomic mass is 9.99. The number of fused-ring (bicyclic) bond motifs is 2. The number of likely N-dealkylation sites (tertiary alicyclic amines) is 1. The van der Waals surface area contributed by atoms with E-state index >= 15 is 0 Å². The van der Waals surface area contributed by atoms with Crippen molar-refractivity contribution in [3.05, 3.63) is 46.3 Å². The van der Waals surface area contributed by atoms with Crippen molar-refractivity contribution in [2.24, 2.45) is 0 Å². The fourth-order valence-electron chi connectivity index (χ4n) is 3.27. The van der Waals surface area contributed by atoms with E-state index < -0.39 is 5.63 Å². The molecule has 2 fully saturated rings. The van der Waals surface area contributed by atoms with E-state index in [2.05, 4.69) is 5.32 Å². The van der Waals surface area contributed by atoms with E-state index in [0.717, 1.165) is 0 Å². The highest BCUT2D eigenvalue weighted by Gasteiger charge is 2.37. The first-order valence-corrected chi connectivity index (χ1v) is 7.85. The Bertz CT molecular complexity index is 875. The molecule has 2 aliphatic heterocycles. The Morgan fingerprint density at radius 3 is 2.96 bits per heavy atom. The van der Waals surface area contributed by atoms with Gasteiger partial charge in [0.2, 0.25) is 5.91 Å². The molecule has 0 spiro atoms. The number of nitrogens with zero attached hydrogens (tertiary/aromatic N) is 1. The average molecular weight is 328 g/mol. The van der Waals surface area contributed by atoms with Crippen molar-refractivity contribution >= 4 is 22.8 Å². The van der Waals surface area contributed by atoms with Crippen molar-refractivity contribution in [3.8, 4) is 0 Å². The van der Waals surface area contributed by atoms with Gasteiger partial charge >= 0.3 is 5.63 Å². The van der Waals surface area contributed by atoms with Gasteiger partial charge in [0.25, 0.3) is 5.91 Å². The van der Waals surface area contributed by atoms with Gasteiger partial charge in [-0.2, -0.15) is 0 Å². The third-order valence-electron chi connectivity index (χ3n) is 4.48. The summed E-state index contributed by atoms with van der Waals surface area (Å²) in [5.74, 6) is -0.566. The molecule has 2 saturated heterocycles. The Balaban J connectivity index is 1.61. The number of ether oxygens (including phenoxy) is 1. The van der Waals surface area contributed by atoms with Gasteiger partial charge in [-0.25, -0.2) is 4.79 Å². The monoisotopic (exact) mass is 328 g/mol. The number of morpholine rings is 1. The molecule has 2 aromatic rings. The Hall–Kier alpha value is -2.67. The SMILES string of the molecule is O=C1CO[C@@H]2CCN(C(=O)c3cc4ccccc4oc3=O)C[C@@H]2N1. The Labute approximate surface area is 137 Å². The molecule has 7 nitrogen and oxygen atoms in total. The maximum Gasteiger partial charge on any atom is 0.349 e. The van der Waals surface area contributed by atoms with E-state index in [-0.39, 0.29) is 36.1 Å². The van der Waals surface area contributed by atoms with Crippen LogP contribution in [0.25, 0.3) is 11.0 Å². The summed E-state index contributed by atoms with van der Waals surface area (Å²) < 4.78 is 10.7. The molecule has 1 aromatic heterocycles. The lowest BCUT2D eigenvalue weighted by Gasteiger charge is -2.40. The summed E-state index contributed by atoms with van der Waals surface area (Å²) in [7, 11) is 0. The molecule has 4 rings (SSSR count). The van der Waals surface area contributed by atoms with E-state index in [9.17, 15) is 14.4 Å². The third kappa shape index (κ3) is 2.56. The first-order valence-electron chi connectivity index (χ1n) is 7.85. The maximum atomic E-state index is 12.7. The minimum atomic E-state index is -0.648. The Kier molecular flexibility index (Phi) is 3.57. The van der Waals surface area contributed by atoms with Gasteiger partial charge in [-0.3, -0.25) is 9.59 Å². The summed E-state index contributed by atoms with van der Waals surface area (Å²) in [6, 6.07) is 8.38. The van der Waals surface area contributed by atoms with Gasteiger partial charge in [0, 0.05) is 18.5 Å². The predicted octanol–water partition coefficient (Wildman–Crippen LogP) is 0.522. The van der Waals surface area contributed by atoms with Crippen molar-refractivity contribution in [1.82, 2.24) is 10.2 Å². The topological polar surface area (TPSA) is 88.8 Å². The summed E-state index contributed by atoms with van der Waals surface area (Å²) in [4.78, 5) is 37.9. The lowest BCUT2D eigenvalue weighted by Crippen LogP contribution is -2.61. The van der Waals surface area contributed by atoms with Gasteiger partial charge < -0.3 is 19.4 Å². The van der Waals surface area contributed by atoms with E-state index in [1.54, 1.807) is 29.2 Å². The molecule has 3 heterocycles.